The van der Waals surface area contributed by atoms with Gasteiger partial charge in [0, 0.05) is 18.7 Å². The number of hydrogen-bond acceptors (Lipinski definition) is 6. The van der Waals surface area contributed by atoms with E-state index in [4.69, 9.17) is 14.3 Å². The monoisotopic (exact) mass is 293 g/mol. The maximum Gasteiger partial charge on any atom is 0.247 e. The van der Waals surface area contributed by atoms with Crippen LogP contribution in [-0.4, -0.2) is 52.6 Å². The van der Waals surface area contributed by atoms with Crippen LogP contribution in [0.15, 0.2) is 28.7 Å². The summed E-state index contributed by atoms with van der Waals surface area (Å²) in [6.07, 6.45) is -0.168. The van der Waals surface area contributed by atoms with E-state index < -0.39 is 0 Å². The zero-order valence-electron chi connectivity index (χ0n) is 11.4. The number of aliphatic hydroxyl groups excluding tert-OH is 1. The number of nitrogens with zero attached hydrogens (tertiary/aromatic N) is 3. The molecule has 112 valence electrons. The van der Waals surface area contributed by atoms with Gasteiger partial charge in [-0.1, -0.05) is 0 Å². The Kier molecular flexibility index (Phi) is 4.23. The molecule has 1 aromatic carbocycles. The van der Waals surface area contributed by atoms with E-state index in [1.165, 1.54) is 12.1 Å². The zero-order chi connectivity index (χ0) is 14.7. The SMILES string of the molecule is OCC1CN(Cc2nnc(-c3ccc(F)cc3)o2)CCO1. The lowest BCUT2D eigenvalue weighted by molar-refractivity contribution is -0.0568. The molecule has 1 atom stereocenters. The summed E-state index contributed by atoms with van der Waals surface area (Å²) in [7, 11) is 0. The second-order valence-corrected chi connectivity index (χ2v) is 4.92. The standard InChI is InChI=1S/C14H16FN3O3/c15-11-3-1-10(2-4-11)14-17-16-13(21-14)8-18-5-6-20-12(7-18)9-19/h1-4,12,19H,5-9H2. The van der Waals surface area contributed by atoms with Gasteiger partial charge in [0.2, 0.25) is 11.8 Å². The number of ether oxygens (including phenoxy) is 1. The summed E-state index contributed by atoms with van der Waals surface area (Å²) >= 11 is 0. The van der Waals surface area contributed by atoms with Gasteiger partial charge >= 0.3 is 0 Å². The molecule has 0 saturated carbocycles. The fourth-order valence-electron chi connectivity index (χ4n) is 2.25. The average molecular weight is 293 g/mol. The smallest absolute Gasteiger partial charge is 0.247 e. The molecule has 1 unspecified atom stereocenters. The Bertz CT molecular complexity index is 587. The Morgan fingerprint density at radius 1 is 1.29 bits per heavy atom. The van der Waals surface area contributed by atoms with Crippen LogP contribution in [0.3, 0.4) is 0 Å². The van der Waals surface area contributed by atoms with Gasteiger partial charge < -0.3 is 14.3 Å². The third-order valence-electron chi connectivity index (χ3n) is 3.34. The molecule has 6 nitrogen and oxygen atoms in total. The largest absolute Gasteiger partial charge is 0.419 e. The predicted molar refractivity (Wildman–Crippen MR) is 71.8 cm³/mol. The van der Waals surface area contributed by atoms with E-state index in [2.05, 4.69) is 15.1 Å². The van der Waals surface area contributed by atoms with Crippen LogP contribution in [-0.2, 0) is 11.3 Å². The van der Waals surface area contributed by atoms with Crippen molar-refractivity contribution in [2.24, 2.45) is 0 Å². The second kappa shape index (κ2) is 6.30. The van der Waals surface area contributed by atoms with Gasteiger partial charge in [-0.25, -0.2) is 4.39 Å². The Morgan fingerprint density at radius 2 is 2.10 bits per heavy atom. The van der Waals surface area contributed by atoms with Crippen molar-refractivity contribution in [3.63, 3.8) is 0 Å². The Balaban J connectivity index is 1.66. The van der Waals surface area contributed by atoms with E-state index in [0.717, 1.165) is 6.54 Å². The van der Waals surface area contributed by atoms with Crippen LogP contribution < -0.4 is 0 Å². The normalized spacial score (nSPS) is 19.8. The number of hydrogen-bond donors (Lipinski definition) is 1. The molecule has 3 rings (SSSR count). The minimum Gasteiger partial charge on any atom is -0.419 e. The first-order valence-corrected chi connectivity index (χ1v) is 6.78. The fourth-order valence-corrected chi connectivity index (χ4v) is 2.25. The van der Waals surface area contributed by atoms with Gasteiger partial charge in [-0.3, -0.25) is 4.90 Å². The zero-order valence-corrected chi connectivity index (χ0v) is 11.4. The molecular formula is C14H16FN3O3. The van der Waals surface area contributed by atoms with Crippen LogP contribution in [0.1, 0.15) is 5.89 Å². The molecule has 1 saturated heterocycles. The van der Waals surface area contributed by atoms with E-state index in [-0.39, 0.29) is 18.5 Å². The number of morpholine rings is 1. The van der Waals surface area contributed by atoms with Gasteiger partial charge in [0.05, 0.1) is 25.9 Å². The first-order chi connectivity index (χ1) is 10.2. The average Bonchev–Trinajstić information content (AvgIpc) is 2.96. The van der Waals surface area contributed by atoms with Crippen molar-refractivity contribution in [1.82, 2.24) is 15.1 Å². The maximum atomic E-state index is 12.9. The highest BCUT2D eigenvalue weighted by Crippen LogP contribution is 2.19. The number of halogens is 1. The summed E-state index contributed by atoms with van der Waals surface area (Å²) in [6, 6.07) is 5.91. The third kappa shape index (κ3) is 3.44. The molecule has 0 spiro atoms. The minimum atomic E-state index is -0.304. The molecule has 0 aliphatic carbocycles. The molecule has 21 heavy (non-hydrogen) atoms. The molecule has 2 heterocycles. The molecule has 1 aliphatic heterocycles. The topological polar surface area (TPSA) is 71.6 Å². The highest BCUT2D eigenvalue weighted by atomic mass is 19.1. The Labute approximate surface area is 121 Å². The van der Waals surface area contributed by atoms with Crippen molar-refractivity contribution in [2.75, 3.05) is 26.3 Å². The van der Waals surface area contributed by atoms with Crippen molar-refractivity contribution < 1.29 is 18.7 Å². The van der Waals surface area contributed by atoms with Crippen molar-refractivity contribution in [1.29, 1.82) is 0 Å². The van der Waals surface area contributed by atoms with Crippen LogP contribution >= 0.6 is 0 Å². The predicted octanol–water partition coefficient (Wildman–Crippen LogP) is 1.07. The molecule has 1 aromatic heterocycles. The lowest BCUT2D eigenvalue weighted by atomic mass is 10.2. The Hall–Kier alpha value is -1.83. The molecule has 2 aromatic rings. The molecule has 1 aliphatic rings. The quantitative estimate of drug-likeness (QED) is 0.909. The number of benzene rings is 1. The molecule has 0 radical (unpaired) electrons. The number of aliphatic hydroxyl groups is 1. The summed E-state index contributed by atoms with van der Waals surface area (Å²) in [5.74, 6) is 0.562. The summed E-state index contributed by atoms with van der Waals surface area (Å²) < 4.78 is 23.9. The van der Waals surface area contributed by atoms with Crippen LogP contribution in [0.4, 0.5) is 4.39 Å². The molecule has 0 bridgehead atoms. The van der Waals surface area contributed by atoms with Crippen LogP contribution in [0.25, 0.3) is 11.5 Å². The van der Waals surface area contributed by atoms with Gasteiger partial charge in [0.1, 0.15) is 5.82 Å². The van der Waals surface area contributed by atoms with Crippen LogP contribution in [0, 0.1) is 5.82 Å². The first kappa shape index (κ1) is 14.1. The highest BCUT2D eigenvalue weighted by molar-refractivity contribution is 5.51. The van der Waals surface area contributed by atoms with E-state index in [1.54, 1.807) is 12.1 Å². The van der Waals surface area contributed by atoms with E-state index in [0.29, 0.717) is 37.0 Å². The number of aromatic nitrogens is 2. The van der Waals surface area contributed by atoms with Gasteiger partial charge in [-0.05, 0) is 24.3 Å². The molecule has 1 N–H and O–H groups in total. The van der Waals surface area contributed by atoms with Crippen molar-refractivity contribution in [3.8, 4) is 11.5 Å². The van der Waals surface area contributed by atoms with Crippen LogP contribution in [0.5, 0.6) is 0 Å². The second-order valence-electron chi connectivity index (χ2n) is 4.92. The van der Waals surface area contributed by atoms with Crippen molar-refractivity contribution >= 4 is 0 Å². The Morgan fingerprint density at radius 3 is 2.86 bits per heavy atom. The summed E-state index contributed by atoms with van der Waals surface area (Å²) in [4.78, 5) is 2.09. The van der Waals surface area contributed by atoms with Crippen molar-refractivity contribution in [3.05, 3.63) is 36.0 Å². The maximum absolute atomic E-state index is 12.9. The lowest BCUT2D eigenvalue weighted by Crippen LogP contribution is -2.43. The summed E-state index contributed by atoms with van der Waals surface area (Å²) in [6.45, 7) is 2.47. The summed E-state index contributed by atoms with van der Waals surface area (Å²) in [5.41, 5.74) is 0.686. The van der Waals surface area contributed by atoms with Crippen LogP contribution in [0.2, 0.25) is 0 Å². The van der Waals surface area contributed by atoms with E-state index in [9.17, 15) is 4.39 Å². The van der Waals surface area contributed by atoms with Gasteiger partial charge in [-0.2, -0.15) is 0 Å². The lowest BCUT2D eigenvalue weighted by Gasteiger charge is -2.30. The van der Waals surface area contributed by atoms with Gasteiger partial charge in [0.15, 0.2) is 0 Å². The van der Waals surface area contributed by atoms with Gasteiger partial charge in [-0.15, -0.1) is 10.2 Å². The molecular weight excluding hydrogens is 277 g/mol. The first-order valence-electron chi connectivity index (χ1n) is 6.78. The third-order valence-corrected chi connectivity index (χ3v) is 3.34. The van der Waals surface area contributed by atoms with Gasteiger partial charge in [0.25, 0.3) is 0 Å². The minimum absolute atomic E-state index is 0.00115. The van der Waals surface area contributed by atoms with Crippen molar-refractivity contribution in [2.45, 2.75) is 12.6 Å². The molecule has 1 fully saturated rings. The highest BCUT2D eigenvalue weighted by Gasteiger charge is 2.21. The van der Waals surface area contributed by atoms with E-state index in [1.807, 2.05) is 0 Å². The van der Waals surface area contributed by atoms with E-state index >= 15 is 0 Å². The fraction of sp³-hybridized carbons (Fsp3) is 0.429. The molecule has 0 amide bonds. The molecule has 7 heteroatoms. The summed E-state index contributed by atoms with van der Waals surface area (Å²) in [5, 5.41) is 17.1. The number of rotatable bonds is 4.